The number of aromatic nitrogens is 1. The number of carbonyl (C=O) groups is 1. The maximum atomic E-state index is 11.7. The maximum Gasteiger partial charge on any atom is 0.305 e. The van der Waals surface area contributed by atoms with Crippen LogP contribution in [-0.2, 0) is 16.1 Å². The molecule has 0 unspecified atom stereocenters. The van der Waals surface area contributed by atoms with Gasteiger partial charge in [0.25, 0.3) is 0 Å². The topological polar surface area (TPSA) is 91.7 Å². The summed E-state index contributed by atoms with van der Waals surface area (Å²) < 4.78 is 11.0. The highest BCUT2D eigenvalue weighted by molar-refractivity contribution is 6.35. The molecule has 0 spiro atoms. The Bertz CT molecular complexity index is 1270. The van der Waals surface area contributed by atoms with Crippen LogP contribution in [0.25, 0.3) is 11.3 Å². The van der Waals surface area contributed by atoms with Crippen molar-refractivity contribution in [3.05, 3.63) is 57.9 Å². The number of nitrogens with one attached hydrogen (secondary N) is 1. The van der Waals surface area contributed by atoms with Gasteiger partial charge in [-0.25, -0.2) is 15.0 Å². The number of piperidine rings is 1. The first-order valence-corrected chi connectivity index (χ1v) is 14.6. The van der Waals surface area contributed by atoms with Gasteiger partial charge in [0.1, 0.15) is 5.76 Å². The Morgan fingerprint density at radius 1 is 1.17 bits per heavy atom. The van der Waals surface area contributed by atoms with Crippen LogP contribution in [0, 0.1) is 5.92 Å². The monoisotopic (exact) mass is 600 g/mol. The molecule has 1 atom stereocenters. The van der Waals surface area contributed by atoms with E-state index >= 15 is 0 Å². The van der Waals surface area contributed by atoms with Gasteiger partial charge in [-0.15, -0.1) is 0 Å². The van der Waals surface area contributed by atoms with Crippen LogP contribution in [0.15, 0.2) is 52.3 Å². The number of likely N-dealkylation sites (tertiary alicyclic amines) is 1. The fourth-order valence-electron chi connectivity index (χ4n) is 5.15. The van der Waals surface area contributed by atoms with Gasteiger partial charge in [0.2, 0.25) is 11.8 Å². The van der Waals surface area contributed by atoms with E-state index in [1.807, 2.05) is 31.2 Å². The quantitative estimate of drug-likeness (QED) is 0.187. The zero-order chi connectivity index (χ0) is 29.4. The SMILES string of the molecule is C=N/C(=N\C=C(/C)Oc1cc(CN2CCC(CC(=O)OC)CC2)cc(-c2cc(Cl)cc(Cl)c2)n1)N1CCN[C@@H](C)C1. The standard InChI is InChI=1S/C30H38Cl2N6O3/c1-20-18-38(10-7-34-20)30(33-3)35-17-21(2)41-28-12-23(11-27(36-28)24-14-25(31)16-26(32)15-24)19-37-8-5-22(6-9-37)13-29(39)40-4/h11-12,14-17,20,22,34H,3,5-10,13,18-19H2,1-2,4H3/b21-17+,35-30+/t20-/m0/s1. The molecule has 0 saturated carbocycles. The van der Waals surface area contributed by atoms with Crippen LogP contribution in [0.4, 0.5) is 0 Å². The summed E-state index contributed by atoms with van der Waals surface area (Å²) in [7, 11) is 1.44. The van der Waals surface area contributed by atoms with E-state index in [2.05, 4.69) is 38.7 Å². The number of nitrogens with zero attached hydrogens (tertiary/aromatic N) is 5. The number of carbonyl (C=O) groups excluding carboxylic acids is 1. The Hall–Kier alpha value is -2.98. The van der Waals surface area contributed by atoms with E-state index in [9.17, 15) is 4.79 Å². The summed E-state index contributed by atoms with van der Waals surface area (Å²) in [6, 6.07) is 9.71. The largest absolute Gasteiger partial charge is 0.469 e. The molecule has 0 amide bonds. The molecule has 0 bridgehead atoms. The Balaban J connectivity index is 1.53. The number of piperazine rings is 1. The number of hydrogen-bond acceptors (Lipinski definition) is 7. The lowest BCUT2D eigenvalue weighted by atomic mass is 9.93. The Labute approximate surface area is 252 Å². The summed E-state index contributed by atoms with van der Waals surface area (Å²) in [6.07, 6.45) is 4.02. The van der Waals surface area contributed by atoms with E-state index in [0.717, 1.165) is 63.2 Å². The zero-order valence-electron chi connectivity index (χ0n) is 23.9. The molecule has 1 aromatic heterocycles. The molecule has 2 saturated heterocycles. The molecule has 0 radical (unpaired) electrons. The smallest absolute Gasteiger partial charge is 0.305 e. The number of aliphatic imine (C=N–C) groups is 2. The molecular weight excluding hydrogens is 563 g/mol. The van der Waals surface area contributed by atoms with Gasteiger partial charge in [0.15, 0.2) is 0 Å². The van der Waals surface area contributed by atoms with E-state index in [1.54, 1.807) is 12.3 Å². The number of ether oxygens (including phenoxy) is 2. The average molecular weight is 602 g/mol. The normalized spacial score (nSPS) is 19.2. The van der Waals surface area contributed by atoms with Crippen LogP contribution >= 0.6 is 23.2 Å². The van der Waals surface area contributed by atoms with E-state index in [0.29, 0.717) is 51.7 Å². The van der Waals surface area contributed by atoms with Gasteiger partial charge in [0.05, 0.1) is 19.0 Å². The molecule has 220 valence electrons. The van der Waals surface area contributed by atoms with E-state index < -0.39 is 0 Å². The van der Waals surface area contributed by atoms with Gasteiger partial charge in [0, 0.05) is 60.3 Å². The molecule has 2 fully saturated rings. The summed E-state index contributed by atoms with van der Waals surface area (Å²) in [4.78, 5) is 29.6. The van der Waals surface area contributed by atoms with E-state index in [1.165, 1.54) is 7.11 Å². The van der Waals surface area contributed by atoms with Crippen LogP contribution in [0.1, 0.15) is 38.7 Å². The number of allylic oxidation sites excluding steroid dienone is 1. The molecule has 41 heavy (non-hydrogen) atoms. The van der Waals surface area contributed by atoms with Crippen LogP contribution in [-0.4, -0.2) is 79.3 Å². The first-order chi connectivity index (χ1) is 19.7. The van der Waals surface area contributed by atoms with Crippen molar-refractivity contribution in [1.82, 2.24) is 20.1 Å². The van der Waals surface area contributed by atoms with Crippen LogP contribution in [0.2, 0.25) is 10.0 Å². The second-order valence-corrected chi connectivity index (χ2v) is 11.5. The fraction of sp³-hybridized carbons (Fsp3) is 0.467. The van der Waals surface area contributed by atoms with Crippen molar-refractivity contribution in [2.75, 3.05) is 39.8 Å². The van der Waals surface area contributed by atoms with Crippen LogP contribution in [0.5, 0.6) is 5.88 Å². The van der Waals surface area contributed by atoms with Crippen molar-refractivity contribution in [3.63, 3.8) is 0 Å². The second kappa shape index (κ2) is 14.8. The fourth-order valence-corrected chi connectivity index (χ4v) is 5.68. The second-order valence-electron chi connectivity index (χ2n) is 10.6. The van der Waals surface area contributed by atoms with Crippen molar-refractivity contribution in [2.45, 2.75) is 45.7 Å². The number of pyridine rings is 1. The van der Waals surface area contributed by atoms with Crippen molar-refractivity contribution in [1.29, 1.82) is 0 Å². The number of methoxy groups -OCH3 is 1. The molecule has 1 N–H and O–H groups in total. The molecule has 2 aliphatic heterocycles. The van der Waals surface area contributed by atoms with Crippen molar-refractivity contribution in [3.8, 4) is 17.1 Å². The molecule has 9 nitrogen and oxygen atoms in total. The third kappa shape index (κ3) is 9.26. The van der Waals surface area contributed by atoms with Gasteiger partial charge in [-0.05, 0) is 82.2 Å². The first kappa shape index (κ1) is 31.0. The maximum absolute atomic E-state index is 11.7. The summed E-state index contributed by atoms with van der Waals surface area (Å²) in [6.45, 7) is 12.7. The minimum absolute atomic E-state index is 0.143. The zero-order valence-corrected chi connectivity index (χ0v) is 25.4. The van der Waals surface area contributed by atoms with E-state index in [-0.39, 0.29) is 5.97 Å². The molecule has 3 heterocycles. The predicted octanol–water partition coefficient (Wildman–Crippen LogP) is 5.42. The molecule has 11 heteroatoms. The number of esters is 1. The number of benzene rings is 1. The molecule has 2 aliphatic rings. The average Bonchev–Trinajstić information content (AvgIpc) is 2.94. The highest BCUT2D eigenvalue weighted by atomic mass is 35.5. The summed E-state index contributed by atoms with van der Waals surface area (Å²) in [5.74, 6) is 1.79. The van der Waals surface area contributed by atoms with Gasteiger partial charge in [-0.3, -0.25) is 9.69 Å². The molecule has 0 aliphatic carbocycles. The third-order valence-corrected chi connectivity index (χ3v) is 7.67. The lowest BCUT2D eigenvalue weighted by molar-refractivity contribution is -0.142. The number of hydrogen-bond donors (Lipinski definition) is 1. The number of guanidine groups is 1. The predicted molar refractivity (Wildman–Crippen MR) is 165 cm³/mol. The van der Waals surface area contributed by atoms with Crippen LogP contribution < -0.4 is 10.1 Å². The highest BCUT2D eigenvalue weighted by Crippen LogP contribution is 2.30. The first-order valence-electron chi connectivity index (χ1n) is 13.9. The van der Waals surface area contributed by atoms with Gasteiger partial charge < -0.3 is 19.7 Å². The molecule has 1 aromatic carbocycles. The summed E-state index contributed by atoms with van der Waals surface area (Å²) in [5.41, 5.74) is 2.56. The molecule has 2 aromatic rings. The van der Waals surface area contributed by atoms with Gasteiger partial charge in [-0.1, -0.05) is 23.2 Å². The lowest BCUT2D eigenvalue weighted by Gasteiger charge is -2.32. The Kier molecular flexibility index (Phi) is 11.2. The molecule has 4 rings (SSSR count). The number of rotatable bonds is 8. The Morgan fingerprint density at radius 2 is 1.90 bits per heavy atom. The van der Waals surface area contributed by atoms with Gasteiger partial charge >= 0.3 is 5.97 Å². The van der Waals surface area contributed by atoms with E-state index in [4.69, 9.17) is 37.7 Å². The third-order valence-electron chi connectivity index (χ3n) is 7.24. The summed E-state index contributed by atoms with van der Waals surface area (Å²) >= 11 is 12.6. The Morgan fingerprint density at radius 3 is 2.56 bits per heavy atom. The summed E-state index contributed by atoms with van der Waals surface area (Å²) in [5, 5.41) is 4.48. The van der Waals surface area contributed by atoms with Crippen molar-refractivity contribution < 1.29 is 14.3 Å². The minimum atomic E-state index is -0.143. The highest BCUT2D eigenvalue weighted by Gasteiger charge is 2.22. The molecular formula is C30H38Cl2N6O3. The van der Waals surface area contributed by atoms with Crippen LogP contribution in [0.3, 0.4) is 0 Å². The number of halogens is 2. The lowest BCUT2D eigenvalue weighted by Crippen LogP contribution is -2.50. The van der Waals surface area contributed by atoms with Crippen molar-refractivity contribution >= 4 is 41.8 Å². The minimum Gasteiger partial charge on any atom is -0.469 e. The van der Waals surface area contributed by atoms with Crippen molar-refractivity contribution in [2.24, 2.45) is 15.9 Å². The van der Waals surface area contributed by atoms with Gasteiger partial charge in [-0.2, -0.15) is 0 Å².